The fourth-order valence-corrected chi connectivity index (χ4v) is 2.80. The zero-order valence-corrected chi connectivity index (χ0v) is 16.1. The highest BCUT2D eigenvalue weighted by Gasteiger charge is 2.14. The zero-order valence-electron chi connectivity index (χ0n) is 12.9. The number of hydrogen-bond donors (Lipinski definition) is 0. The lowest BCUT2D eigenvalue weighted by Crippen LogP contribution is -2.27. The second-order valence-electron chi connectivity index (χ2n) is 5.08. The predicted octanol–water partition coefficient (Wildman–Crippen LogP) is 2.98. The molecule has 2 rings (SSSR count). The average Bonchev–Trinajstić information content (AvgIpc) is 3.01. The Balaban J connectivity index is 1.91. The molecule has 0 bridgehead atoms. The van der Waals surface area contributed by atoms with E-state index < -0.39 is 0 Å². The van der Waals surface area contributed by atoms with Crippen molar-refractivity contribution in [3.05, 3.63) is 32.7 Å². The molecule has 2 aromatic heterocycles. The fraction of sp³-hybridized carbons (Fsp3) is 0.500. The van der Waals surface area contributed by atoms with Crippen LogP contribution in [0, 0.1) is 6.92 Å². The molecule has 1 amide bonds. The predicted molar refractivity (Wildman–Crippen MR) is 91.4 cm³/mol. The van der Waals surface area contributed by atoms with Crippen molar-refractivity contribution in [3.63, 3.8) is 0 Å². The minimum Gasteiger partial charge on any atom is -0.340 e. The van der Waals surface area contributed by atoms with Gasteiger partial charge < -0.3 is 4.90 Å². The zero-order chi connectivity index (χ0) is 16.3. The van der Waals surface area contributed by atoms with Crippen LogP contribution in [0.25, 0.3) is 0 Å². The van der Waals surface area contributed by atoms with Gasteiger partial charge in [0.1, 0.15) is 0 Å². The number of carbonyl (C=O) groups is 1. The second kappa shape index (κ2) is 7.41. The maximum Gasteiger partial charge on any atom is 0.224 e. The van der Waals surface area contributed by atoms with Crippen LogP contribution >= 0.6 is 31.9 Å². The number of amides is 1. The SMILES string of the molecule is CCn1cc(Br)c(CN(C)C(=O)CCn2ncc(Br)c2C)n1. The summed E-state index contributed by atoms with van der Waals surface area (Å²) in [5.41, 5.74) is 1.90. The van der Waals surface area contributed by atoms with Gasteiger partial charge in [-0.25, -0.2) is 0 Å². The molecule has 2 aromatic rings. The molecule has 0 spiro atoms. The van der Waals surface area contributed by atoms with Gasteiger partial charge in [-0.2, -0.15) is 10.2 Å². The number of halogens is 2. The van der Waals surface area contributed by atoms with Gasteiger partial charge in [0.15, 0.2) is 0 Å². The number of aryl methyl sites for hydroxylation is 2. The van der Waals surface area contributed by atoms with Crippen LogP contribution in [0.1, 0.15) is 24.7 Å². The molecule has 0 fully saturated rings. The molecule has 0 radical (unpaired) electrons. The Labute approximate surface area is 146 Å². The Bertz CT molecular complexity index is 664. The van der Waals surface area contributed by atoms with Crippen LogP contribution in [0.5, 0.6) is 0 Å². The van der Waals surface area contributed by atoms with Gasteiger partial charge >= 0.3 is 0 Å². The van der Waals surface area contributed by atoms with Crippen molar-refractivity contribution in [1.82, 2.24) is 24.5 Å². The van der Waals surface area contributed by atoms with Crippen molar-refractivity contribution in [1.29, 1.82) is 0 Å². The molecule has 0 aliphatic heterocycles. The second-order valence-corrected chi connectivity index (χ2v) is 6.79. The molecule has 0 saturated heterocycles. The smallest absolute Gasteiger partial charge is 0.224 e. The lowest BCUT2D eigenvalue weighted by molar-refractivity contribution is -0.130. The summed E-state index contributed by atoms with van der Waals surface area (Å²) in [6.45, 7) is 5.88. The van der Waals surface area contributed by atoms with Gasteiger partial charge in [-0.3, -0.25) is 14.2 Å². The van der Waals surface area contributed by atoms with E-state index in [0.29, 0.717) is 19.5 Å². The van der Waals surface area contributed by atoms with Gasteiger partial charge in [0, 0.05) is 38.4 Å². The van der Waals surface area contributed by atoms with E-state index in [0.717, 1.165) is 26.9 Å². The Kier molecular flexibility index (Phi) is 5.80. The van der Waals surface area contributed by atoms with E-state index >= 15 is 0 Å². The van der Waals surface area contributed by atoms with Crippen LogP contribution in [0.3, 0.4) is 0 Å². The molecule has 0 aliphatic rings. The van der Waals surface area contributed by atoms with Crippen molar-refractivity contribution in [2.75, 3.05) is 7.05 Å². The topological polar surface area (TPSA) is 56.0 Å². The Morgan fingerprint density at radius 3 is 2.64 bits per heavy atom. The van der Waals surface area contributed by atoms with Gasteiger partial charge in [-0.15, -0.1) is 0 Å². The van der Waals surface area contributed by atoms with Gasteiger partial charge in [0.2, 0.25) is 5.91 Å². The highest BCUT2D eigenvalue weighted by Crippen LogP contribution is 2.17. The molecular weight excluding hydrogens is 414 g/mol. The summed E-state index contributed by atoms with van der Waals surface area (Å²) in [6, 6.07) is 0. The summed E-state index contributed by atoms with van der Waals surface area (Å²) in [7, 11) is 1.80. The molecule has 8 heteroatoms. The highest BCUT2D eigenvalue weighted by molar-refractivity contribution is 9.10. The first-order valence-electron chi connectivity index (χ1n) is 7.06. The van der Waals surface area contributed by atoms with Crippen LogP contribution in [0.15, 0.2) is 21.3 Å². The van der Waals surface area contributed by atoms with E-state index in [-0.39, 0.29) is 5.91 Å². The third-order valence-electron chi connectivity index (χ3n) is 3.50. The van der Waals surface area contributed by atoms with Crippen LogP contribution in [0.2, 0.25) is 0 Å². The van der Waals surface area contributed by atoms with E-state index in [2.05, 4.69) is 42.1 Å². The van der Waals surface area contributed by atoms with Crippen LogP contribution in [-0.2, 0) is 24.4 Å². The first kappa shape index (κ1) is 17.2. The third-order valence-corrected chi connectivity index (χ3v) is 4.95. The Hall–Kier alpha value is -1.15. The molecule has 6 nitrogen and oxygen atoms in total. The molecule has 2 heterocycles. The van der Waals surface area contributed by atoms with Crippen LogP contribution in [-0.4, -0.2) is 37.4 Å². The molecular formula is C14H19Br2N5O. The molecule has 0 atom stereocenters. The Morgan fingerprint density at radius 2 is 2.09 bits per heavy atom. The quantitative estimate of drug-likeness (QED) is 0.704. The monoisotopic (exact) mass is 431 g/mol. The molecule has 0 N–H and O–H groups in total. The lowest BCUT2D eigenvalue weighted by Gasteiger charge is -2.16. The van der Waals surface area contributed by atoms with Crippen molar-refractivity contribution in [3.8, 4) is 0 Å². The number of hydrogen-bond acceptors (Lipinski definition) is 3. The van der Waals surface area contributed by atoms with Crippen molar-refractivity contribution >= 4 is 37.8 Å². The number of nitrogens with zero attached hydrogens (tertiary/aromatic N) is 5. The summed E-state index contributed by atoms with van der Waals surface area (Å²) >= 11 is 6.90. The summed E-state index contributed by atoms with van der Waals surface area (Å²) in [5, 5.41) is 8.67. The van der Waals surface area contributed by atoms with E-state index in [1.54, 1.807) is 18.1 Å². The first-order chi connectivity index (χ1) is 10.4. The third kappa shape index (κ3) is 3.98. The average molecular weight is 433 g/mol. The lowest BCUT2D eigenvalue weighted by atomic mass is 10.3. The highest BCUT2D eigenvalue weighted by atomic mass is 79.9. The van der Waals surface area contributed by atoms with Gasteiger partial charge in [-0.05, 0) is 45.7 Å². The molecule has 0 aliphatic carbocycles. The van der Waals surface area contributed by atoms with Crippen LogP contribution < -0.4 is 0 Å². The van der Waals surface area contributed by atoms with E-state index in [4.69, 9.17) is 0 Å². The summed E-state index contributed by atoms with van der Waals surface area (Å²) in [5.74, 6) is 0.0731. The van der Waals surface area contributed by atoms with E-state index in [1.807, 2.05) is 29.4 Å². The maximum atomic E-state index is 12.2. The summed E-state index contributed by atoms with van der Waals surface area (Å²) in [6.07, 6.45) is 4.09. The molecule has 0 unspecified atom stereocenters. The minimum atomic E-state index is 0.0731. The largest absolute Gasteiger partial charge is 0.340 e. The van der Waals surface area contributed by atoms with Gasteiger partial charge in [0.05, 0.1) is 27.4 Å². The van der Waals surface area contributed by atoms with Gasteiger partial charge in [-0.1, -0.05) is 0 Å². The van der Waals surface area contributed by atoms with Crippen molar-refractivity contribution in [2.24, 2.45) is 0 Å². The summed E-state index contributed by atoms with van der Waals surface area (Å²) < 4.78 is 5.57. The van der Waals surface area contributed by atoms with Crippen molar-refractivity contribution < 1.29 is 4.79 Å². The summed E-state index contributed by atoms with van der Waals surface area (Å²) in [4.78, 5) is 13.9. The number of carbonyl (C=O) groups excluding carboxylic acids is 1. The standard InChI is InChI=1S/C14H19Br2N5O/c1-4-20-8-12(16)13(18-20)9-19(3)14(22)5-6-21-10(2)11(15)7-17-21/h7-8H,4-6,9H2,1-3H3. The van der Waals surface area contributed by atoms with E-state index in [9.17, 15) is 4.79 Å². The van der Waals surface area contributed by atoms with Crippen molar-refractivity contribution in [2.45, 2.75) is 39.9 Å². The van der Waals surface area contributed by atoms with E-state index in [1.165, 1.54) is 0 Å². The number of rotatable bonds is 6. The first-order valence-corrected chi connectivity index (χ1v) is 8.64. The minimum absolute atomic E-state index is 0.0731. The Morgan fingerprint density at radius 1 is 1.36 bits per heavy atom. The molecule has 22 heavy (non-hydrogen) atoms. The molecule has 0 aromatic carbocycles. The normalized spacial score (nSPS) is 11.0. The molecule has 120 valence electrons. The molecule has 0 saturated carbocycles. The van der Waals surface area contributed by atoms with Crippen LogP contribution in [0.4, 0.5) is 0 Å². The number of aromatic nitrogens is 4. The maximum absolute atomic E-state index is 12.2. The van der Waals surface area contributed by atoms with Gasteiger partial charge in [0.25, 0.3) is 0 Å². The fourth-order valence-electron chi connectivity index (χ4n) is 2.06.